The number of benzene rings is 1. The topological polar surface area (TPSA) is 29.5 Å². The third-order valence-corrected chi connectivity index (χ3v) is 4.85. The smallest absolute Gasteiger partial charge is 0.165 e. The van der Waals surface area contributed by atoms with E-state index in [9.17, 15) is 9.50 Å². The maximum atomic E-state index is 13.6. The maximum Gasteiger partial charge on any atom is 0.165 e. The summed E-state index contributed by atoms with van der Waals surface area (Å²) in [5.41, 5.74) is 1.19. The van der Waals surface area contributed by atoms with Crippen LogP contribution >= 0.6 is 43.2 Å². The van der Waals surface area contributed by atoms with E-state index >= 15 is 0 Å². The molecule has 0 amide bonds. The molecule has 1 atom stereocenters. The highest BCUT2D eigenvalue weighted by atomic mass is 79.9. The summed E-state index contributed by atoms with van der Waals surface area (Å²) < 4.78 is 20.1. The Morgan fingerprint density at radius 2 is 2.06 bits per heavy atom. The Bertz CT molecular complexity index is 571. The first-order valence-corrected chi connectivity index (χ1v) is 7.39. The third-order valence-electron chi connectivity index (χ3n) is 2.47. The summed E-state index contributed by atoms with van der Waals surface area (Å²) in [5, 5.41) is 10.2. The van der Waals surface area contributed by atoms with Gasteiger partial charge in [0.25, 0.3) is 0 Å². The Morgan fingerprint density at radius 3 is 2.56 bits per heavy atom. The van der Waals surface area contributed by atoms with E-state index in [4.69, 9.17) is 4.74 Å². The number of methoxy groups -OCH3 is 1. The second-order valence-electron chi connectivity index (χ2n) is 3.58. The summed E-state index contributed by atoms with van der Waals surface area (Å²) in [6.45, 7) is 0. The monoisotopic (exact) mass is 394 g/mol. The van der Waals surface area contributed by atoms with Crippen molar-refractivity contribution in [3.05, 3.63) is 48.8 Å². The van der Waals surface area contributed by atoms with Gasteiger partial charge in [-0.1, -0.05) is 6.07 Å². The number of thiophene rings is 1. The summed E-state index contributed by atoms with van der Waals surface area (Å²) in [4.78, 5) is 0. The Balaban J connectivity index is 2.37. The van der Waals surface area contributed by atoms with E-state index in [0.29, 0.717) is 11.1 Å². The van der Waals surface area contributed by atoms with E-state index in [1.807, 2.05) is 6.07 Å². The van der Waals surface area contributed by atoms with Crippen LogP contribution in [-0.2, 0) is 0 Å². The lowest BCUT2D eigenvalue weighted by Crippen LogP contribution is -2.00. The van der Waals surface area contributed by atoms with Gasteiger partial charge in [0.15, 0.2) is 11.6 Å². The number of rotatable bonds is 3. The van der Waals surface area contributed by atoms with Gasteiger partial charge in [-0.25, -0.2) is 4.39 Å². The van der Waals surface area contributed by atoms with Crippen LogP contribution in [0.4, 0.5) is 4.39 Å². The Hall–Kier alpha value is -0.430. The average molecular weight is 396 g/mol. The summed E-state index contributed by atoms with van der Waals surface area (Å²) in [5.74, 6) is -0.323. The molecule has 1 aromatic heterocycles. The molecule has 2 rings (SSSR count). The van der Waals surface area contributed by atoms with Gasteiger partial charge in [0.2, 0.25) is 0 Å². The highest BCUT2D eigenvalue weighted by Crippen LogP contribution is 2.38. The molecule has 0 saturated carbocycles. The minimum absolute atomic E-state index is 0.163. The fourth-order valence-corrected chi connectivity index (χ4v) is 4.46. The van der Waals surface area contributed by atoms with Crippen LogP contribution in [0, 0.1) is 5.82 Å². The van der Waals surface area contributed by atoms with Crippen molar-refractivity contribution in [3.8, 4) is 5.75 Å². The number of aliphatic hydroxyl groups is 1. The van der Waals surface area contributed by atoms with Crippen LogP contribution in [-0.4, -0.2) is 12.2 Å². The number of hydrogen-bond acceptors (Lipinski definition) is 3. The fourth-order valence-electron chi connectivity index (χ4n) is 1.57. The molecular weight excluding hydrogens is 387 g/mol. The van der Waals surface area contributed by atoms with Gasteiger partial charge < -0.3 is 9.84 Å². The molecule has 0 bridgehead atoms. The van der Waals surface area contributed by atoms with Crippen molar-refractivity contribution in [3.63, 3.8) is 0 Å². The van der Waals surface area contributed by atoms with Crippen molar-refractivity contribution < 1.29 is 14.2 Å². The molecule has 0 aliphatic rings. The van der Waals surface area contributed by atoms with Gasteiger partial charge in [0.1, 0.15) is 6.10 Å². The number of aliphatic hydroxyl groups excluding tert-OH is 1. The summed E-state index contributed by atoms with van der Waals surface area (Å²) in [6, 6.07) is 6.23. The first-order chi connectivity index (χ1) is 8.52. The van der Waals surface area contributed by atoms with Crippen molar-refractivity contribution >= 4 is 43.2 Å². The molecule has 1 unspecified atom stereocenters. The zero-order valence-corrected chi connectivity index (χ0v) is 13.3. The van der Waals surface area contributed by atoms with Gasteiger partial charge >= 0.3 is 0 Å². The van der Waals surface area contributed by atoms with E-state index in [1.165, 1.54) is 30.6 Å². The molecule has 18 heavy (non-hydrogen) atoms. The lowest BCUT2D eigenvalue weighted by Gasteiger charge is -2.11. The standard InChI is InChI=1S/C12H9Br2FO2S/c1-17-9-3-2-6(4-8(9)15)11(16)7-5-10(13)18-12(7)14/h2-5,11,16H,1H3. The van der Waals surface area contributed by atoms with Gasteiger partial charge in [0, 0.05) is 5.56 Å². The Labute approximate surface area is 125 Å². The molecule has 1 N–H and O–H groups in total. The molecule has 1 aromatic carbocycles. The highest BCUT2D eigenvalue weighted by molar-refractivity contribution is 9.12. The van der Waals surface area contributed by atoms with E-state index in [-0.39, 0.29) is 5.75 Å². The largest absolute Gasteiger partial charge is 0.494 e. The van der Waals surface area contributed by atoms with Gasteiger partial charge in [-0.15, -0.1) is 11.3 Å². The highest BCUT2D eigenvalue weighted by Gasteiger charge is 2.18. The van der Waals surface area contributed by atoms with Crippen LogP contribution in [0.3, 0.4) is 0 Å². The van der Waals surface area contributed by atoms with Crippen molar-refractivity contribution in [2.45, 2.75) is 6.10 Å². The summed E-state index contributed by atoms with van der Waals surface area (Å²) in [6.07, 6.45) is -0.873. The molecule has 0 aliphatic carbocycles. The Morgan fingerprint density at radius 1 is 1.33 bits per heavy atom. The van der Waals surface area contributed by atoms with Gasteiger partial charge in [-0.3, -0.25) is 0 Å². The minimum atomic E-state index is -0.873. The van der Waals surface area contributed by atoms with Gasteiger partial charge in [-0.2, -0.15) is 0 Å². The summed E-state index contributed by atoms with van der Waals surface area (Å²) in [7, 11) is 1.40. The van der Waals surface area contributed by atoms with Crippen LogP contribution in [0.25, 0.3) is 0 Å². The third kappa shape index (κ3) is 2.77. The molecule has 0 fully saturated rings. The molecule has 2 nitrogen and oxygen atoms in total. The van der Waals surface area contributed by atoms with Crippen LogP contribution < -0.4 is 4.74 Å². The number of hydrogen-bond donors (Lipinski definition) is 1. The van der Waals surface area contributed by atoms with E-state index < -0.39 is 11.9 Å². The second-order valence-corrected chi connectivity index (χ2v) is 7.33. The summed E-state index contributed by atoms with van der Waals surface area (Å²) >= 11 is 8.18. The van der Waals surface area contributed by atoms with E-state index in [0.717, 1.165) is 7.57 Å². The molecule has 0 radical (unpaired) electrons. The predicted molar refractivity (Wildman–Crippen MR) is 76.7 cm³/mol. The maximum absolute atomic E-state index is 13.6. The molecule has 0 aliphatic heterocycles. The van der Waals surface area contributed by atoms with Crippen molar-refractivity contribution in [1.29, 1.82) is 0 Å². The van der Waals surface area contributed by atoms with Gasteiger partial charge in [0.05, 0.1) is 14.7 Å². The second kappa shape index (κ2) is 5.69. The van der Waals surface area contributed by atoms with Gasteiger partial charge in [-0.05, 0) is 55.6 Å². The normalized spacial score (nSPS) is 12.5. The molecule has 0 spiro atoms. The van der Waals surface area contributed by atoms with Crippen LogP contribution in [0.5, 0.6) is 5.75 Å². The lowest BCUT2D eigenvalue weighted by molar-refractivity contribution is 0.219. The fraction of sp³-hybridized carbons (Fsp3) is 0.167. The van der Waals surface area contributed by atoms with Crippen molar-refractivity contribution in [2.24, 2.45) is 0 Å². The first-order valence-electron chi connectivity index (χ1n) is 4.99. The SMILES string of the molecule is COc1ccc(C(O)c2cc(Br)sc2Br)cc1F. The zero-order valence-electron chi connectivity index (χ0n) is 9.28. The van der Waals surface area contributed by atoms with Crippen LogP contribution in [0.2, 0.25) is 0 Å². The average Bonchev–Trinajstić information content (AvgIpc) is 2.67. The zero-order chi connectivity index (χ0) is 13.3. The van der Waals surface area contributed by atoms with Crippen molar-refractivity contribution in [2.75, 3.05) is 7.11 Å². The molecular formula is C12H9Br2FO2S. The van der Waals surface area contributed by atoms with E-state index in [1.54, 1.807) is 6.07 Å². The van der Waals surface area contributed by atoms with E-state index in [2.05, 4.69) is 31.9 Å². The quantitative estimate of drug-likeness (QED) is 0.828. The number of halogens is 3. The first kappa shape index (κ1) is 14.0. The predicted octanol–water partition coefficient (Wildman–Crippen LogP) is 4.50. The molecule has 1 heterocycles. The lowest BCUT2D eigenvalue weighted by atomic mass is 10.0. The molecule has 0 saturated heterocycles. The van der Waals surface area contributed by atoms with Crippen molar-refractivity contribution in [1.82, 2.24) is 0 Å². The molecule has 6 heteroatoms. The minimum Gasteiger partial charge on any atom is -0.494 e. The number of ether oxygens (including phenoxy) is 1. The van der Waals surface area contributed by atoms with Crippen LogP contribution in [0.15, 0.2) is 31.8 Å². The van der Waals surface area contributed by atoms with Crippen LogP contribution in [0.1, 0.15) is 17.2 Å². The molecule has 2 aromatic rings. The Kier molecular flexibility index (Phi) is 4.42. The molecule has 96 valence electrons.